The second-order valence-corrected chi connectivity index (χ2v) is 4.24. The molecule has 0 radical (unpaired) electrons. The van der Waals surface area contributed by atoms with Gasteiger partial charge in [0.05, 0.1) is 0 Å². The molecule has 1 N–H and O–H groups in total. The molecule has 0 spiro atoms. The van der Waals surface area contributed by atoms with Crippen LogP contribution < -0.4 is 0 Å². The summed E-state index contributed by atoms with van der Waals surface area (Å²) in [6, 6.07) is 9.52. The zero-order chi connectivity index (χ0) is 12.3. The van der Waals surface area contributed by atoms with E-state index in [0.717, 1.165) is 18.5 Å². The van der Waals surface area contributed by atoms with Crippen molar-refractivity contribution in [3.63, 3.8) is 0 Å². The van der Waals surface area contributed by atoms with Crippen LogP contribution in [0.4, 0.5) is 0 Å². The van der Waals surface area contributed by atoms with Crippen molar-refractivity contribution in [2.75, 3.05) is 6.54 Å². The Kier molecular flexibility index (Phi) is 3.47. The van der Waals surface area contributed by atoms with Gasteiger partial charge in [-0.25, -0.2) is 0 Å². The first-order chi connectivity index (χ1) is 8.24. The van der Waals surface area contributed by atoms with Crippen LogP contribution in [-0.4, -0.2) is 28.6 Å². The first kappa shape index (κ1) is 11.7. The normalized spacial score (nSPS) is 20.5. The average molecular weight is 231 g/mol. The Morgan fingerprint density at radius 1 is 1.47 bits per heavy atom. The van der Waals surface area contributed by atoms with Gasteiger partial charge >= 0.3 is 5.97 Å². The topological polar surface area (TPSA) is 40.5 Å². The summed E-state index contributed by atoms with van der Waals surface area (Å²) in [4.78, 5) is 13.6. The monoisotopic (exact) mass is 231 g/mol. The van der Waals surface area contributed by atoms with Gasteiger partial charge in [-0.1, -0.05) is 36.4 Å². The van der Waals surface area contributed by atoms with E-state index in [1.807, 2.05) is 49.5 Å². The fraction of sp³-hybridized carbons (Fsp3) is 0.357. The number of carboxylic acids is 1. The average Bonchev–Trinajstić information content (AvgIpc) is 2.78. The lowest BCUT2D eigenvalue weighted by molar-refractivity contribution is -0.140. The minimum Gasteiger partial charge on any atom is -0.481 e. The van der Waals surface area contributed by atoms with Gasteiger partial charge < -0.3 is 10.0 Å². The van der Waals surface area contributed by atoms with Gasteiger partial charge in [-0.2, -0.15) is 0 Å². The van der Waals surface area contributed by atoms with E-state index < -0.39 is 11.9 Å². The van der Waals surface area contributed by atoms with Crippen molar-refractivity contribution >= 4 is 5.97 Å². The molecular formula is C14H17NO2. The predicted molar refractivity (Wildman–Crippen MR) is 66.7 cm³/mol. The minimum atomic E-state index is -0.747. The van der Waals surface area contributed by atoms with Gasteiger partial charge in [0.1, 0.15) is 5.92 Å². The number of nitrogens with zero attached hydrogens (tertiary/aromatic N) is 1. The second-order valence-electron chi connectivity index (χ2n) is 4.24. The molecule has 2 rings (SSSR count). The summed E-state index contributed by atoms with van der Waals surface area (Å²) in [6.07, 6.45) is 4.86. The highest BCUT2D eigenvalue weighted by Gasteiger charge is 2.33. The highest BCUT2D eigenvalue weighted by atomic mass is 16.4. The van der Waals surface area contributed by atoms with Gasteiger partial charge in [0.25, 0.3) is 0 Å². The predicted octanol–water partition coefficient (Wildman–Crippen LogP) is 2.46. The number of aliphatic carboxylic acids is 1. The fourth-order valence-corrected chi connectivity index (χ4v) is 2.44. The Hall–Kier alpha value is -1.77. The molecule has 1 aliphatic heterocycles. The number of carbonyl (C=O) groups is 1. The van der Waals surface area contributed by atoms with Crippen molar-refractivity contribution in [2.45, 2.75) is 25.3 Å². The molecule has 3 nitrogen and oxygen atoms in total. The van der Waals surface area contributed by atoms with E-state index in [9.17, 15) is 9.90 Å². The number of benzene rings is 1. The standard InChI is InChI=1S/C14H17NO2/c1-2-15-10-6-9-12(15)13(14(16)17)11-7-4-3-5-8-11/h3-8,10,12-13H,2,9H2,1H3,(H,16,17). The van der Waals surface area contributed by atoms with Gasteiger partial charge in [-0.3, -0.25) is 4.79 Å². The number of hydrogen-bond acceptors (Lipinski definition) is 2. The Labute approximate surface area is 101 Å². The number of hydrogen-bond donors (Lipinski definition) is 1. The molecule has 0 saturated heterocycles. The zero-order valence-electron chi connectivity index (χ0n) is 9.91. The maximum atomic E-state index is 11.5. The largest absolute Gasteiger partial charge is 0.481 e. The van der Waals surface area contributed by atoms with E-state index in [0.29, 0.717) is 0 Å². The van der Waals surface area contributed by atoms with Gasteiger partial charge in [0.15, 0.2) is 0 Å². The third-order valence-corrected chi connectivity index (χ3v) is 3.28. The van der Waals surface area contributed by atoms with E-state index in [4.69, 9.17) is 0 Å². The molecule has 0 amide bonds. The summed E-state index contributed by atoms with van der Waals surface area (Å²) in [5, 5.41) is 9.45. The lowest BCUT2D eigenvalue weighted by Crippen LogP contribution is -2.36. The summed E-state index contributed by atoms with van der Waals surface area (Å²) in [5.41, 5.74) is 0.882. The minimum absolute atomic E-state index is 0.0416. The van der Waals surface area contributed by atoms with Crippen molar-refractivity contribution in [1.82, 2.24) is 4.90 Å². The maximum absolute atomic E-state index is 11.5. The molecule has 0 aliphatic carbocycles. The number of likely N-dealkylation sites (N-methyl/N-ethyl adjacent to an activating group) is 1. The molecule has 1 aromatic carbocycles. The molecule has 0 bridgehead atoms. The molecule has 90 valence electrons. The molecule has 2 unspecified atom stereocenters. The van der Waals surface area contributed by atoms with Crippen molar-refractivity contribution in [3.8, 4) is 0 Å². The van der Waals surface area contributed by atoms with Gasteiger partial charge in [0, 0.05) is 12.6 Å². The van der Waals surface area contributed by atoms with Crippen LogP contribution in [0.3, 0.4) is 0 Å². The van der Waals surface area contributed by atoms with Crippen molar-refractivity contribution in [3.05, 3.63) is 48.2 Å². The molecule has 1 heterocycles. The molecule has 1 aromatic rings. The number of rotatable bonds is 4. The van der Waals surface area contributed by atoms with E-state index in [1.165, 1.54) is 0 Å². The van der Waals surface area contributed by atoms with Crippen molar-refractivity contribution in [1.29, 1.82) is 0 Å². The molecule has 17 heavy (non-hydrogen) atoms. The van der Waals surface area contributed by atoms with Crippen LogP contribution in [-0.2, 0) is 4.79 Å². The third-order valence-electron chi connectivity index (χ3n) is 3.28. The van der Waals surface area contributed by atoms with Crippen molar-refractivity contribution < 1.29 is 9.90 Å². The van der Waals surface area contributed by atoms with E-state index >= 15 is 0 Å². The highest BCUT2D eigenvalue weighted by molar-refractivity contribution is 5.77. The van der Waals surface area contributed by atoms with Crippen LogP contribution in [0.2, 0.25) is 0 Å². The van der Waals surface area contributed by atoms with Crippen LogP contribution in [0.25, 0.3) is 0 Å². The van der Waals surface area contributed by atoms with E-state index in [1.54, 1.807) is 0 Å². The van der Waals surface area contributed by atoms with Crippen LogP contribution in [0, 0.1) is 0 Å². The Balaban J connectivity index is 2.28. The molecule has 1 aliphatic rings. The van der Waals surface area contributed by atoms with Gasteiger partial charge in [-0.15, -0.1) is 0 Å². The molecule has 0 saturated carbocycles. The first-order valence-electron chi connectivity index (χ1n) is 5.94. The summed E-state index contributed by atoms with van der Waals surface area (Å²) in [6.45, 7) is 2.89. The summed E-state index contributed by atoms with van der Waals surface area (Å²) < 4.78 is 0. The van der Waals surface area contributed by atoms with Crippen LogP contribution in [0.15, 0.2) is 42.6 Å². The molecule has 0 aromatic heterocycles. The smallest absolute Gasteiger partial charge is 0.313 e. The van der Waals surface area contributed by atoms with Crippen LogP contribution >= 0.6 is 0 Å². The van der Waals surface area contributed by atoms with Crippen LogP contribution in [0.1, 0.15) is 24.8 Å². The SMILES string of the molecule is CCN1C=CCC1C(C(=O)O)c1ccccc1. The summed E-state index contributed by atoms with van der Waals surface area (Å²) in [5.74, 6) is -1.20. The Morgan fingerprint density at radius 2 is 2.18 bits per heavy atom. The Morgan fingerprint density at radius 3 is 2.76 bits per heavy atom. The molecular weight excluding hydrogens is 214 g/mol. The fourth-order valence-electron chi connectivity index (χ4n) is 2.44. The van der Waals surface area contributed by atoms with Gasteiger partial charge in [0.2, 0.25) is 0 Å². The van der Waals surface area contributed by atoms with E-state index in [2.05, 4.69) is 4.90 Å². The summed E-state index contributed by atoms with van der Waals surface area (Å²) >= 11 is 0. The quantitative estimate of drug-likeness (QED) is 0.865. The highest BCUT2D eigenvalue weighted by Crippen LogP contribution is 2.29. The lowest BCUT2D eigenvalue weighted by Gasteiger charge is -2.29. The van der Waals surface area contributed by atoms with Crippen molar-refractivity contribution in [2.24, 2.45) is 0 Å². The number of carboxylic acid groups (broad SMARTS) is 1. The van der Waals surface area contributed by atoms with E-state index in [-0.39, 0.29) is 6.04 Å². The molecule has 0 fully saturated rings. The second kappa shape index (κ2) is 5.04. The first-order valence-corrected chi connectivity index (χ1v) is 5.94. The molecule has 3 heteroatoms. The lowest BCUT2D eigenvalue weighted by atomic mass is 9.90. The van der Waals surface area contributed by atoms with Crippen LogP contribution in [0.5, 0.6) is 0 Å². The summed E-state index contributed by atoms with van der Waals surface area (Å²) in [7, 11) is 0. The third kappa shape index (κ3) is 2.33. The molecule has 2 atom stereocenters. The Bertz CT molecular complexity index is 413. The van der Waals surface area contributed by atoms with Gasteiger partial charge in [-0.05, 0) is 25.1 Å². The zero-order valence-corrected chi connectivity index (χ0v) is 9.91. The maximum Gasteiger partial charge on any atom is 0.313 e.